The summed E-state index contributed by atoms with van der Waals surface area (Å²) in [6.07, 6.45) is -4.80. The van der Waals surface area contributed by atoms with Crippen LogP contribution in [-0.2, 0) is 12.7 Å². The van der Waals surface area contributed by atoms with E-state index < -0.39 is 35.5 Å². The third-order valence-corrected chi connectivity index (χ3v) is 7.81. The molecule has 0 radical (unpaired) electrons. The number of benzene rings is 4. The lowest BCUT2D eigenvalue weighted by molar-refractivity contribution is -0.140. The highest BCUT2D eigenvalue weighted by molar-refractivity contribution is 5.99. The number of carboxylic acids is 1. The lowest BCUT2D eigenvalue weighted by atomic mass is 9.99. The summed E-state index contributed by atoms with van der Waals surface area (Å²) < 4.78 is 54.9. The highest BCUT2D eigenvalue weighted by Gasteiger charge is 2.34. The molecule has 220 valence electrons. The number of carbonyl (C=O) groups is 2. The monoisotopic (exact) mass is 588 g/mol. The van der Waals surface area contributed by atoms with Crippen LogP contribution in [-0.4, -0.2) is 21.6 Å². The second-order valence-corrected chi connectivity index (χ2v) is 10.5. The Bertz CT molecular complexity index is 1860. The van der Waals surface area contributed by atoms with E-state index in [1.165, 1.54) is 0 Å². The second kappa shape index (κ2) is 11.4. The average molecular weight is 589 g/mol. The Morgan fingerprint density at radius 1 is 0.930 bits per heavy atom. The van der Waals surface area contributed by atoms with Crippen molar-refractivity contribution in [2.45, 2.75) is 39.5 Å². The molecule has 5 nitrogen and oxygen atoms in total. The topological polar surface area (TPSA) is 71.3 Å². The number of carbonyl (C=O) groups excluding carboxylic acids is 1. The van der Waals surface area contributed by atoms with Gasteiger partial charge < -0.3 is 15.0 Å². The minimum absolute atomic E-state index is 0.218. The van der Waals surface area contributed by atoms with Crippen molar-refractivity contribution in [3.63, 3.8) is 0 Å². The van der Waals surface area contributed by atoms with Gasteiger partial charge in [0, 0.05) is 28.7 Å². The number of fused-ring (bicyclic) bond motifs is 1. The van der Waals surface area contributed by atoms with E-state index in [2.05, 4.69) is 9.88 Å². The van der Waals surface area contributed by atoms with Crippen molar-refractivity contribution >= 4 is 22.8 Å². The molecule has 0 aliphatic carbocycles. The molecule has 0 saturated carbocycles. The van der Waals surface area contributed by atoms with Crippen molar-refractivity contribution in [3.05, 3.63) is 130 Å². The van der Waals surface area contributed by atoms with Crippen LogP contribution in [0, 0.1) is 19.7 Å². The summed E-state index contributed by atoms with van der Waals surface area (Å²) in [5.41, 5.74) is 4.86. The number of hydrogen-bond donors (Lipinski definition) is 2. The number of rotatable bonds is 7. The fourth-order valence-electron chi connectivity index (χ4n) is 5.28. The van der Waals surface area contributed by atoms with Gasteiger partial charge in [0.1, 0.15) is 5.82 Å². The molecule has 2 N–H and O–H groups in total. The molecule has 9 heteroatoms. The molecule has 0 aliphatic heterocycles. The zero-order chi connectivity index (χ0) is 31.1. The Labute approximate surface area is 245 Å². The highest BCUT2D eigenvalue weighted by atomic mass is 19.4. The maximum Gasteiger partial charge on any atom is 0.419 e. The van der Waals surface area contributed by atoms with Gasteiger partial charge in [-0.25, -0.2) is 9.18 Å². The number of hydrogen-bond acceptors (Lipinski definition) is 2. The smallest absolute Gasteiger partial charge is 0.419 e. The first-order valence-electron chi connectivity index (χ1n) is 13.5. The number of aromatic nitrogens is 1. The Kier molecular flexibility index (Phi) is 7.84. The summed E-state index contributed by atoms with van der Waals surface area (Å²) in [6, 6.07) is 21.8. The number of aromatic carboxylic acids is 1. The maximum absolute atomic E-state index is 14.1. The molecule has 0 saturated heterocycles. The Morgan fingerprint density at radius 2 is 1.63 bits per heavy atom. The molecular weight excluding hydrogens is 560 g/mol. The van der Waals surface area contributed by atoms with Gasteiger partial charge in [0.15, 0.2) is 0 Å². The third-order valence-electron chi connectivity index (χ3n) is 7.81. The van der Waals surface area contributed by atoms with Crippen molar-refractivity contribution in [2.24, 2.45) is 0 Å². The molecule has 1 heterocycles. The van der Waals surface area contributed by atoms with Crippen LogP contribution in [0.15, 0.2) is 84.9 Å². The van der Waals surface area contributed by atoms with E-state index in [1.54, 1.807) is 43.3 Å². The SMILES string of the molecule is Cc1c(C)n(Cc2ccc(-c3ccccc3C(=O)O)cc2)c2ccc(C(=O)NC(C)c3ccc(C(F)(F)F)c(F)c3)cc12. The van der Waals surface area contributed by atoms with Gasteiger partial charge >= 0.3 is 12.1 Å². The van der Waals surface area contributed by atoms with Crippen LogP contribution in [0.1, 0.15) is 61.6 Å². The van der Waals surface area contributed by atoms with E-state index in [0.717, 1.165) is 45.4 Å². The van der Waals surface area contributed by atoms with Crippen molar-refractivity contribution in [2.75, 3.05) is 0 Å². The van der Waals surface area contributed by atoms with Crippen LogP contribution in [0.2, 0.25) is 0 Å². The van der Waals surface area contributed by atoms with E-state index >= 15 is 0 Å². The zero-order valence-corrected chi connectivity index (χ0v) is 23.6. The van der Waals surface area contributed by atoms with Gasteiger partial charge in [-0.15, -0.1) is 0 Å². The number of nitrogens with one attached hydrogen (secondary N) is 1. The first kappa shape index (κ1) is 29.6. The number of nitrogens with zero attached hydrogens (tertiary/aromatic N) is 1. The normalized spacial score (nSPS) is 12.3. The quantitative estimate of drug-likeness (QED) is 0.188. The fraction of sp³-hybridized carbons (Fsp3) is 0.176. The van der Waals surface area contributed by atoms with E-state index in [0.29, 0.717) is 23.7 Å². The van der Waals surface area contributed by atoms with Crippen LogP contribution in [0.5, 0.6) is 0 Å². The van der Waals surface area contributed by atoms with E-state index in [-0.39, 0.29) is 11.1 Å². The Morgan fingerprint density at radius 3 is 2.28 bits per heavy atom. The summed E-state index contributed by atoms with van der Waals surface area (Å²) in [5, 5.41) is 13.1. The average Bonchev–Trinajstić information content (AvgIpc) is 3.21. The highest BCUT2D eigenvalue weighted by Crippen LogP contribution is 2.33. The summed E-state index contributed by atoms with van der Waals surface area (Å²) in [5.74, 6) is -2.81. The molecule has 4 aromatic carbocycles. The molecule has 0 spiro atoms. The van der Waals surface area contributed by atoms with Crippen LogP contribution in [0.25, 0.3) is 22.0 Å². The summed E-state index contributed by atoms with van der Waals surface area (Å²) in [7, 11) is 0. The molecule has 1 aromatic heterocycles. The fourth-order valence-corrected chi connectivity index (χ4v) is 5.28. The third kappa shape index (κ3) is 5.88. The molecule has 0 fully saturated rings. The van der Waals surface area contributed by atoms with Gasteiger partial charge in [-0.3, -0.25) is 4.79 Å². The predicted molar refractivity (Wildman–Crippen MR) is 157 cm³/mol. The predicted octanol–water partition coefficient (Wildman–Crippen LogP) is 8.32. The molecule has 0 bridgehead atoms. The molecule has 1 atom stereocenters. The number of halogens is 4. The molecular formula is C34H28F4N2O3. The molecule has 1 amide bonds. The van der Waals surface area contributed by atoms with Gasteiger partial charge in [-0.2, -0.15) is 13.2 Å². The first-order valence-corrected chi connectivity index (χ1v) is 13.5. The van der Waals surface area contributed by atoms with Crippen LogP contribution in [0.3, 0.4) is 0 Å². The van der Waals surface area contributed by atoms with E-state index in [4.69, 9.17) is 0 Å². The molecule has 5 aromatic rings. The van der Waals surface area contributed by atoms with Gasteiger partial charge in [-0.05, 0) is 85.0 Å². The molecule has 43 heavy (non-hydrogen) atoms. The summed E-state index contributed by atoms with van der Waals surface area (Å²) in [6.45, 7) is 6.10. The number of alkyl halides is 3. The van der Waals surface area contributed by atoms with Crippen molar-refractivity contribution < 1.29 is 32.3 Å². The standard InChI is InChI=1S/C34H28F4N2O3/c1-19-21(3)40(18-22-8-10-23(11-9-22)26-6-4-5-7-27(26)33(42)43)31-15-13-25(16-28(19)31)32(41)39-20(2)24-12-14-29(30(35)17-24)34(36,37)38/h4-17,20H,18H2,1-3H3,(H,39,41)(H,42,43). The second-order valence-electron chi connectivity index (χ2n) is 10.5. The van der Waals surface area contributed by atoms with Gasteiger partial charge in [-0.1, -0.05) is 48.5 Å². The zero-order valence-electron chi connectivity index (χ0n) is 23.6. The minimum Gasteiger partial charge on any atom is -0.478 e. The summed E-state index contributed by atoms with van der Waals surface area (Å²) in [4.78, 5) is 24.7. The lowest BCUT2D eigenvalue weighted by Gasteiger charge is -2.16. The molecule has 0 aliphatic rings. The number of amides is 1. The largest absolute Gasteiger partial charge is 0.478 e. The number of carboxylic acid groups (broad SMARTS) is 1. The molecule has 1 unspecified atom stereocenters. The van der Waals surface area contributed by atoms with Gasteiger partial charge in [0.05, 0.1) is 17.2 Å². The number of aryl methyl sites for hydroxylation is 1. The van der Waals surface area contributed by atoms with Crippen molar-refractivity contribution in [1.29, 1.82) is 0 Å². The van der Waals surface area contributed by atoms with Crippen LogP contribution in [0.4, 0.5) is 17.6 Å². The van der Waals surface area contributed by atoms with Crippen LogP contribution < -0.4 is 5.32 Å². The van der Waals surface area contributed by atoms with Gasteiger partial charge in [0.2, 0.25) is 0 Å². The minimum atomic E-state index is -4.80. The Hall–Kier alpha value is -4.92. The lowest BCUT2D eigenvalue weighted by Crippen LogP contribution is -2.26. The first-order chi connectivity index (χ1) is 20.3. The van der Waals surface area contributed by atoms with E-state index in [1.807, 2.05) is 44.2 Å². The van der Waals surface area contributed by atoms with E-state index in [9.17, 15) is 32.3 Å². The maximum atomic E-state index is 14.1. The van der Waals surface area contributed by atoms with Gasteiger partial charge in [0.25, 0.3) is 5.91 Å². The Balaban J connectivity index is 1.36. The van der Waals surface area contributed by atoms with Crippen LogP contribution >= 0.6 is 0 Å². The van der Waals surface area contributed by atoms with Crippen molar-refractivity contribution in [3.8, 4) is 11.1 Å². The summed E-state index contributed by atoms with van der Waals surface area (Å²) >= 11 is 0. The van der Waals surface area contributed by atoms with Crippen molar-refractivity contribution in [1.82, 2.24) is 9.88 Å². The molecule has 5 rings (SSSR count).